The molecule has 0 spiro atoms. The number of benzene rings is 2. The van der Waals surface area contributed by atoms with Gasteiger partial charge in [0.05, 0.1) is 32.2 Å². The number of sulfonamides is 1. The van der Waals surface area contributed by atoms with E-state index in [-0.39, 0.29) is 28.5 Å². The van der Waals surface area contributed by atoms with E-state index in [2.05, 4.69) is 36.2 Å². The van der Waals surface area contributed by atoms with Crippen molar-refractivity contribution >= 4 is 15.9 Å². The number of ether oxygens (including phenoxy) is 2. The van der Waals surface area contributed by atoms with Crippen LogP contribution >= 0.6 is 0 Å². The molecule has 188 valence electrons. The van der Waals surface area contributed by atoms with Gasteiger partial charge in [0.15, 0.2) is 11.5 Å². The Bertz CT molecular complexity index is 1280. The van der Waals surface area contributed by atoms with Crippen molar-refractivity contribution in [2.45, 2.75) is 37.6 Å². The molecule has 1 N–H and O–H groups in total. The van der Waals surface area contributed by atoms with Crippen LogP contribution in [-0.4, -0.2) is 56.6 Å². The lowest BCUT2D eigenvalue weighted by atomic mass is 9.87. The molecule has 1 aromatic heterocycles. The van der Waals surface area contributed by atoms with Crippen LogP contribution in [0.15, 0.2) is 51.9 Å². The first kappa shape index (κ1) is 26.2. The van der Waals surface area contributed by atoms with Crippen molar-refractivity contribution in [1.29, 1.82) is 0 Å². The maximum absolute atomic E-state index is 12.9. The van der Waals surface area contributed by atoms with E-state index in [9.17, 15) is 13.2 Å². The summed E-state index contributed by atoms with van der Waals surface area (Å²) in [6.07, 6.45) is 0. The Balaban J connectivity index is 1.60. The van der Waals surface area contributed by atoms with Crippen LogP contribution < -0.4 is 14.8 Å². The van der Waals surface area contributed by atoms with Crippen LogP contribution in [-0.2, 0) is 26.8 Å². The summed E-state index contributed by atoms with van der Waals surface area (Å²) in [5.74, 6) is 0.759. The molecule has 11 heteroatoms. The zero-order valence-corrected chi connectivity index (χ0v) is 21.5. The van der Waals surface area contributed by atoms with Crippen molar-refractivity contribution in [3.8, 4) is 22.9 Å². The van der Waals surface area contributed by atoms with E-state index in [0.29, 0.717) is 11.6 Å². The predicted octanol–water partition coefficient (Wildman–Crippen LogP) is 2.99. The fourth-order valence-electron chi connectivity index (χ4n) is 3.24. The van der Waals surface area contributed by atoms with E-state index < -0.39 is 22.5 Å². The van der Waals surface area contributed by atoms with E-state index in [4.69, 9.17) is 14.0 Å². The average Bonchev–Trinajstić information content (AvgIpc) is 3.30. The van der Waals surface area contributed by atoms with Gasteiger partial charge in [0, 0.05) is 18.7 Å². The number of carbonyl (C=O) groups excluding carboxylic acids is 1. The largest absolute Gasteiger partial charge is 0.493 e. The van der Waals surface area contributed by atoms with E-state index in [1.807, 2.05) is 24.3 Å². The number of rotatable bonds is 9. The van der Waals surface area contributed by atoms with Crippen LogP contribution in [0.2, 0.25) is 0 Å². The van der Waals surface area contributed by atoms with Gasteiger partial charge in [-0.1, -0.05) is 50.2 Å². The molecule has 3 rings (SSSR count). The van der Waals surface area contributed by atoms with E-state index in [1.165, 1.54) is 45.0 Å². The summed E-state index contributed by atoms with van der Waals surface area (Å²) in [7, 11) is 0.250. The van der Waals surface area contributed by atoms with Gasteiger partial charge in [-0.3, -0.25) is 4.79 Å². The van der Waals surface area contributed by atoms with Crippen LogP contribution in [0.5, 0.6) is 11.5 Å². The summed E-state index contributed by atoms with van der Waals surface area (Å²) in [5.41, 5.74) is 2.01. The molecule has 0 aliphatic rings. The number of hydrogen-bond donors (Lipinski definition) is 1. The summed E-state index contributed by atoms with van der Waals surface area (Å²) < 4.78 is 42.2. The lowest BCUT2D eigenvalue weighted by molar-refractivity contribution is -0.121. The molecular weight excluding hydrogens is 472 g/mol. The first-order chi connectivity index (χ1) is 16.5. The molecule has 0 unspecified atom stereocenters. The van der Waals surface area contributed by atoms with Crippen molar-refractivity contribution in [2.75, 3.05) is 27.8 Å². The van der Waals surface area contributed by atoms with E-state index in [0.717, 1.165) is 9.87 Å². The topological polar surface area (TPSA) is 124 Å². The fraction of sp³-hybridized carbons (Fsp3) is 0.375. The maximum atomic E-state index is 12.9. The number of carbonyl (C=O) groups is 1. The Morgan fingerprint density at radius 1 is 1.06 bits per heavy atom. The molecule has 0 saturated carbocycles. The second-order valence-corrected chi connectivity index (χ2v) is 10.9. The highest BCUT2D eigenvalue weighted by Crippen LogP contribution is 2.30. The molecule has 3 aromatic rings. The molecule has 0 saturated heterocycles. The Hall–Kier alpha value is -3.44. The van der Waals surface area contributed by atoms with Gasteiger partial charge < -0.3 is 19.3 Å². The monoisotopic (exact) mass is 502 g/mol. The third-order valence-corrected chi connectivity index (χ3v) is 7.14. The Morgan fingerprint density at radius 2 is 1.71 bits per heavy atom. The van der Waals surface area contributed by atoms with Crippen LogP contribution in [0.3, 0.4) is 0 Å². The third-order valence-electron chi connectivity index (χ3n) is 5.34. The van der Waals surface area contributed by atoms with E-state index >= 15 is 0 Å². The number of amides is 1. The Kier molecular flexibility index (Phi) is 7.81. The van der Waals surface area contributed by atoms with Crippen molar-refractivity contribution in [3.63, 3.8) is 0 Å². The molecule has 0 atom stereocenters. The summed E-state index contributed by atoms with van der Waals surface area (Å²) in [6.45, 7) is 5.97. The molecule has 0 fully saturated rings. The van der Waals surface area contributed by atoms with Gasteiger partial charge in [-0.25, -0.2) is 8.42 Å². The zero-order chi connectivity index (χ0) is 25.8. The summed E-state index contributed by atoms with van der Waals surface area (Å²) in [6, 6.07) is 12.1. The van der Waals surface area contributed by atoms with Gasteiger partial charge in [0.2, 0.25) is 27.6 Å². The second kappa shape index (κ2) is 10.4. The number of likely N-dealkylation sites (N-methyl/N-ethyl adjacent to an activating group) is 1. The van der Waals surface area contributed by atoms with Crippen molar-refractivity contribution < 1.29 is 27.2 Å². The van der Waals surface area contributed by atoms with Crippen molar-refractivity contribution in [1.82, 2.24) is 19.8 Å². The minimum absolute atomic E-state index is 0.0236. The van der Waals surface area contributed by atoms with Crippen LogP contribution in [0.25, 0.3) is 11.4 Å². The molecule has 0 bridgehead atoms. The highest BCUT2D eigenvalue weighted by atomic mass is 32.2. The third kappa shape index (κ3) is 6.17. The smallest absolute Gasteiger partial charge is 0.246 e. The highest BCUT2D eigenvalue weighted by Gasteiger charge is 2.24. The number of hydrogen-bond acceptors (Lipinski definition) is 8. The summed E-state index contributed by atoms with van der Waals surface area (Å²) in [4.78, 5) is 16.7. The minimum atomic E-state index is -3.94. The van der Waals surface area contributed by atoms with Gasteiger partial charge >= 0.3 is 0 Å². The molecule has 0 radical (unpaired) electrons. The van der Waals surface area contributed by atoms with Gasteiger partial charge in [-0.15, -0.1) is 0 Å². The average molecular weight is 503 g/mol. The first-order valence-electron chi connectivity index (χ1n) is 10.8. The maximum Gasteiger partial charge on any atom is 0.246 e. The van der Waals surface area contributed by atoms with Crippen molar-refractivity contribution in [3.05, 3.63) is 53.9 Å². The lowest BCUT2D eigenvalue weighted by Crippen LogP contribution is -2.38. The SMILES string of the molecule is COc1ccc(S(=O)(=O)N(C)CC(=O)NCc2nc(-c3ccc(C(C)(C)C)cc3)no2)cc1OC. The molecule has 1 heterocycles. The lowest BCUT2D eigenvalue weighted by Gasteiger charge is -2.18. The molecule has 0 aliphatic heterocycles. The second-order valence-electron chi connectivity index (χ2n) is 8.89. The molecule has 10 nitrogen and oxygen atoms in total. The quantitative estimate of drug-likeness (QED) is 0.474. The number of aromatic nitrogens is 2. The van der Waals surface area contributed by atoms with Gasteiger partial charge in [-0.05, 0) is 23.1 Å². The van der Waals surface area contributed by atoms with Crippen LogP contribution in [0.4, 0.5) is 0 Å². The zero-order valence-electron chi connectivity index (χ0n) is 20.7. The van der Waals surface area contributed by atoms with E-state index in [1.54, 1.807) is 0 Å². The highest BCUT2D eigenvalue weighted by molar-refractivity contribution is 7.89. The minimum Gasteiger partial charge on any atom is -0.493 e. The Morgan fingerprint density at radius 3 is 2.31 bits per heavy atom. The standard InChI is InChI=1S/C24H30N4O6S/c1-24(2,3)17-9-7-16(8-10-17)23-26-22(34-27-23)14-25-21(29)15-28(4)35(30,31)18-11-12-19(32-5)20(13-18)33-6/h7-13H,14-15H2,1-6H3,(H,25,29). The predicted molar refractivity (Wildman–Crippen MR) is 130 cm³/mol. The molecule has 35 heavy (non-hydrogen) atoms. The normalized spacial score (nSPS) is 12.0. The first-order valence-corrected chi connectivity index (χ1v) is 12.3. The van der Waals surface area contributed by atoms with Crippen LogP contribution in [0, 0.1) is 0 Å². The fourth-order valence-corrected chi connectivity index (χ4v) is 4.38. The number of nitrogens with zero attached hydrogens (tertiary/aromatic N) is 3. The molecule has 1 amide bonds. The summed E-state index contributed by atoms with van der Waals surface area (Å²) >= 11 is 0. The van der Waals surface area contributed by atoms with Gasteiger partial charge in [0.1, 0.15) is 0 Å². The molecular formula is C24H30N4O6S. The van der Waals surface area contributed by atoms with Crippen molar-refractivity contribution in [2.24, 2.45) is 0 Å². The Labute approximate surface area is 205 Å². The van der Waals surface area contributed by atoms with Gasteiger partial charge in [0.25, 0.3) is 0 Å². The van der Waals surface area contributed by atoms with Crippen LogP contribution in [0.1, 0.15) is 32.2 Å². The number of nitrogens with one attached hydrogen (secondary N) is 1. The summed E-state index contributed by atoms with van der Waals surface area (Å²) in [5, 5.41) is 6.56. The molecule has 2 aromatic carbocycles. The number of methoxy groups -OCH3 is 2. The van der Waals surface area contributed by atoms with Gasteiger partial charge in [-0.2, -0.15) is 9.29 Å². The molecule has 0 aliphatic carbocycles.